The molecule has 0 bridgehead atoms. The molecule has 1 rings (SSSR count). The van der Waals surface area contributed by atoms with Crippen LogP contribution in [0.4, 0.5) is 0 Å². The highest BCUT2D eigenvalue weighted by Crippen LogP contribution is 2.26. The van der Waals surface area contributed by atoms with E-state index in [2.05, 4.69) is 11.6 Å². The quantitative estimate of drug-likeness (QED) is 0.459. The standard InChI is InChI=1S/C12H12N2O/c1-2-6-11(12(15)9-14-13)10-7-4-3-5-8-10/h2-5,7-9,11H,1,6H2/p+1/b12-9+. The van der Waals surface area contributed by atoms with Gasteiger partial charge in [-0.05, 0) is 12.0 Å². The maximum Gasteiger partial charge on any atom is 0.387 e. The van der Waals surface area contributed by atoms with Crippen LogP contribution in [0, 0.1) is 5.39 Å². The van der Waals surface area contributed by atoms with Gasteiger partial charge in [0.1, 0.15) is 0 Å². The number of nitrogens with zero attached hydrogens (tertiary/aromatic N) is 2. The van der Waals surface area contributed by atoms with Crippen molar-refractivity contribution in [2.45, 2.75) is 12.3 Å². The van der Waals surface area contributed by atoms with Crippen molar-refractivity contribution in [3.05, 3.63) is 65.5 Å². The first-order valence-corrected chi connectivity index (χ1v) is 4.68. The Kier molecular flexibility index (Phi) is 4.11. The Labute approximate surface area is 89.0 Å². The maximum absolute atomic E-state index is 9.65. The van der Waals surface area contributed by atoms with Crippen LogP contribution >= 0.6 is 0 Å². The van der Waals surface area contributed by atoms with Gasteiger partial charge in [0.25, 0.3) is 0 Å². The molecule has 0 aliphatic rings. The van der Waals surface area contributed by atoms with Gasteiger partial charge in [0.05, 0.1) is 5.92 Å². The minimum atomic E-state index is -0.195. The number of benzene rings is 1. The minimum Gasteiger partial charge on any atom is -0.505 e. The first-order chi connectivity index (χ1) is 7.29. The lowest BCUT2D eigenvalue weighted by molar-refractivity contribution is 0.367. The van der Waals surface area contributed by atoms with E-state index in [1.54, 1.807) is 6.08 Å². The predicted octanol–water partition coefficient (Wildman–Crippen LogP) is 3.60. The minimum absolute atomic E-state index is 0.0311. The monoisotopic (exact) mass is 201 g/mol. The van der Waals surface area contributed by atoms with Gasteiger partial charge in [0, 0.05) is 0 Å². The Morgan fingerprint density at radius 2 is 2.13 bits per heavy atom. The summed E-state index contributed by atoms with van der Waals surface area (Å²) in [7, 11) is 0. The molecular weight excluding hydrogens is 188 g/mol. The van der Waals surface area contributed by atoms with E-state index < -0.39 is 0 Å². The molecule has 0 saturated heterocycles. The molecule has 0 saturated carbocycles. The predicted molar refractivity (Wildman–Crippen MR) is 59.8 cm³/mol. The summed E-state index contributed by atoms with van der Waals surface area (Å²) in [6.45, 7) is 3.64. The van der Waals surface area contributed by atoms with Crippen LogP contribution in [0.3, 0.4) is 0 Å². The number of aliphatic hydroxyl groups is 1. The van der Waals surface area contributed by atoms with Gasteiger partial charge in [0.2, 0.25) is 5.39 Å². The molecule has 1 unspecified atom stereocenters. The number of rotatable bonds is 4. The van der Waals surface area contributed by atoms with Crippen molar-refractivity contribution in [3.8, 4) is 0 Å². The number of hydrogen-bond donors (Lipinski definition) is 1. The van der Waals surface area contributed by atoms with Crippen molar-refractivity contribution < 1.29 is 5.11 Å². The smallest absolute Gasteiger partial charge is 0.387 e. The summed E-state index contributed by atoms with van der Waals surface area (Å²) in [5.74, 6) is -0.164. The van der Waals surface area contributed by atoms with Crippen molar-refractivity contribution in [1.29, 1.82) is 5.39 Å². The van der Waals surface area contributed by atoms with Gasteiger partial charge in [-0.2, -0.15) is 0 Å². The Hall–Kier alpha value is -2.08. The molecule has 76 valence electrons. The summed E-state index contributed by atoms with van der Waals surface area (Å²) in [6.07, 6.45) is 3.36. The van der Waals surface area contributed by atoms with E-state index in [1.165, 1.54) is 0 Å². The first kappa shape index (κ1) is 11.0. The second kappa shape index (κ2) is 5.61. The summed E-state index contributed by atoms with van der Waals surface area (Å²) in [4.78, 5) is 2.82. The molecule has 0 heterocycles. The molecule has 1 N–H and O–H groups in total. The number of hydrogen-bond acceptors (Lipinski definition) is 2. The van der Waals surface area contributed by atoms with E-state index in [0.29, 0.717) is 6.42 Å². The number of allylic oxidation sites excluding steroid dienone is 2. The fraction of sp³-hybridized carbons (Fsp3) is 0.167. The highest BCUT2D eigenvalue weighted by Gasteiger charge is 2.17. The molecule has 15 heavy (non-hydrogen) atoms. The van der Waals surface area contributed by atoms with E-state index in [4.69, 9.17) is 5.39 Å². The van der Waals surface area contributed by atoms with Crippen molar-refractivity contribution in [3.63, 3.8) is 0 Å². The molecule has 0 fully saturated rings. The Morgan fingerprint density at radius 1 is 1.47 bits per heavy atom. The molecule has 1 atom stereocenters. The fourth-order valence-electron chi connectivity index (χ4n) is 1.43. The van der Waals surface area contributed by atoms with E-state index in [9.17, 15) is 5.11 Å². The zero-order valence-corrected chi connectivity index (χ0v) is 8.37. The average Bonchev–Trinajstić information content (AvgIpc) is 2.27. The topological polar surface area (TPSA) is 48.4 Å². The molecule has 1 aromatic carbocycles. The third-order valence-corrected chi connectivity index (χ3v) is 2.15. The summed E-state index contributed by atoms with van der Waals surface area (Å²) in [5, 5.41) is 18.0. The van der Waals surface area contributed by atoms with Gasteiger partial charge in [0.15, 0.2) is 10.7 Å². The van der Waals surface area contributed by atoms with Gasteiger partial charge in [-0.15, -0.1) is 6.58 Å². The zero-order chi connectivity index (χ0) is 11.1. The Morgan fingerprint density at radius 3 is 2.67 bits per heavy atom. The molecule has 3 nitrogen and oxygen atoms in total. The molecule has 0 aliphatic carbocycles. The normalized spacial score (nSPS) is 12.9. The molecule has 0 amide bonds. The third kappa shape index (κ3) is 2.96. The van der Waals surface area contributed by atoms with Crippen LogP contribution in [0.25, 0.3) is 4.98 Å². The molecule has 3 heteroatoms. The highest BCUT2D eigenvalue weighted by molar-refractivity contribution is 5.27. The second-order valence-corrected chi connectivity index (χ2v) is 3.16. The maximum atomic E-state index is 9.65. The Bertz CT molecular complexity index is 390. The van der Waals surface area contributed by atoms with E-state index in [1.807, 2.05) is 30.3 Å². The van der Waals surface area contributed by atoms with Gasteiger partial charge >= 0.3 is 6.20 Å². The molecule has 1 aromatic rings. The van der Waals surface area contributed by atoms with Crippen molar-refractivity contribution >= 4 is 0 Å². The third-order valence-electron chi connectivity index (χ3n) is 2.15. The molecule has 0 radical (unpaired) electrons. The molecule has 0 aromatic heterocycles. The van der Waals surface area contributed by atoms with Crippen molar-refractivity contribution in [2.75, 3.05) is 0 Å². The SMILES string of the molecule is C=CCC(/C(O)=C\[N+]#N)c1ccccc1. The van der Waals surface area contributed by atoms with Crippen LogP contribution in [0.5, 0.6) is 0 Å². The second-order valence-electron chi connectivity index (χ2n) is 3.16. The molecular formula is C12H13N2O+. The lowest BCUT2D eigenvalue weighted by Gasteiger charge is -2.11. The lowest BCUT2D eigenvalue weighted by atomic mass is 9.94. The summed E-state index contributed by atoms with van der Waals surface area (Å²) in [6, 6.07) is 9.53. The molecule has 0 spiro atoms. The van der Waals surface area contributed by atoms with Crippen LogP contribution in [-0.2, 0) is 0 Å². The fourth-order valence-corrected chi connectivity index (χ4v) is 1.43. The van der Waals surface area contributed by atoms with Crippen LogP contribution in [-0.4, -0.2) is 5.11 Å². The average molecular weight is 201 g/mol. The van der Waals surface area contributed by atoms with Gasteiger partial charge in [-0.25, -0.2) is 0 Å². The number of aliphatic hydroxyl groups excluding tert-OH is 1. The van der Waals surface area contributed by atoms with Crippen LogP contribution in [0.15, 0.2) is 54.9 Å². The van der Waals surface area contributed by atoms with Gasteiger partial charge in [-0.1, -0.05) is 36.4 Å². The van der Waals surface area contributed by atoms with Gasteiger partial charge in [-0.3, -0.25) is 0 Å². The van der Waals surface area contributed by atoms with Crippen LogP contribution in [0.1, 0.15) is 17.9 Å². The van der Waals surface area contributed by atoms with Crippen molar-refractivity contribution in [1.82, 2.24) is 0 Å². The largest absolute Gasteiger partial charge is 0.505 e. The van der Waals surface area contributed by atoms with Crippen molar-refractivity contribution in [2.24, 2.45) is 0 Å². The highest BCUT2D eigenvalue weighted by atomic mass is 16.3. The summed E-state index contributed by atoms with van der Waals surface area (Å²) < 4.78 is 0. The molecule has 0 aliphatic heterocycles. The van der Waals surface area contributed by atoms with E-state index in [-0.39, 0.29) is 11.7 Å². The summed E-state index contributed by atoms with van der Waals surface area (Å²) >= 11 is 0. The zero-order valence-electron chi connectivity index (χ0n) is 8.37. The first-order valence-electron chi connectivity index (χ1n) is 4.68. The van der Waals surface area contributed by atoms with E-state index in [0.717, 1.165) is 11.8 Å². The summed E-state index contributed by atoms with van der Waals surface area (Å²) in [5.41, 5.74) is 0.967. The lowest BCUT2D eigenvalue weighted by Crippen LogP contribution is -2.00. The Balaban J connectivity index is 2.99. The van der Waals surface area contributed by atoms with Crippen LogP contribution in [0.2, 0.25) is 0 Å². The van der Waals surface area contributed by atoms with Crippen LogP contribution < -0.4 is 0 Å². The van der Waals surface area contributed by atoms with E-state index >= 15 is 0 Å². The number of diazo groups is 1. The van der Waals surface area contributed by atoms with Gasteiger partial charge < -0.3 is 5.11 Å².